The SMILES string of the molecule is CCc1cccc(-c2ccc3c(c2)oc2ccc4ccccc4c23)c1. The first kappa shape index (κ1) is 14.3. The van der Waals surface area contributed by atoms with Crippen molar-refractivity contribution in [2.75, 3.05) is 0 Å². The maximum atomic E-state index is 6.18. The van der Waals surface area contributed by atoms with Crippen LogP contribution in [-0.4, -0.2) is 0 Å². The molecule has 0 aliphatic carbocycles. The summed E-state index contributed by atoms with van der Waals surface area (Å²) in [5.41, 5.74) is 5.70. The fraction of sp³-hybridized carbons (Fsp3) is 0.0833. The second kappa shape index (κ2) is 5.49. The maximum absolute atomic E-state index is 6.18. The highest BCUT2D eigenvalue weighted by Crippen LogP contribution is 2.36. The van der Waals surface area contributed by atoms with Crippen molar-refractivity contribution in [3.05, 3.63) is 84.4 Å². The van der Waals surface area contributed by atoms with E-state index in [1.54, 1.807) is 0 Å². The van der Waals surface area contributed by atoms with Crippen molar-refractivity contribution in [3.63, 3.8) is 0 Å². The van der Waals surface area contributed by atoms with E-state index in [2.05, 4.69) is 85.8 Å². The van der Waals surface area contributed by atoms with Crippen molar-refractivity contribution in [3.8, 4) is 11.1 Å². The smallest absolute Gasteiger partial charge is 0.136 e. The van der Waals surface area contributed by atoms with Crippen LogP contribution in [0, 0.1) is 0 Å². The van der Waals surface area contributed by atoms with E-state index in [-0.39, 0.29) is 0 Å². The first-order valence-corrected chi connectivity index (χ1v) is 8.77. The van der Waals surface area contributed by atoms with E-state index in [4.69, 9.17) is 4.42 Å². The fourth-order valence-corrected chi connectivity index (χ4v) is 3.70. The Kier molecular flexibility index (Phi) is 3.14. The summed E-state index contributed by atoms with van der Waals surface area (Å²) in [6, 6.07) is 28.0. The highest BCUT2D eigenvalue weighted by atomic mass is 16.3. The van der Waals surface area contributed by atoms with Crippen molar-refractivity contribution in [1.29, 1.82) is 0 Å². The van der Waals surface area contributed by atoms with Crippen molar-refractivity contribution in [2.24, 2.45) is 0 Å². The number of hydrogen-bond acceptors (Lipinski definition) is 1. The lowest BCUT2D eigenvalue weighted by molar-refractivity contribution is 0.669. The van der Waals surface area contributed by atoms with Crippen LogP contribution < -0.4 is 0 Å². The van der Waals surface area contributed by atoms with Crippen molar-refractivity contribution < 1.29 is 4.42 Å². The van der Waals surface area contributed by atoms with Crippen LogP contribution in [0.5, 0.6) is 0 Å². The average molecular weight is 322 g/mol. The predicted molar refractivity (Wildman–Crippen MR) is 106 cm³/mol. The molecule has 25 heavy (non-hydrogen) atoms. The molecular formula is C24H18O. The van der Waals surface area contributed by atoms with E-state index in [0.29, 0.717) is 0 Å². The molecule has 5 aromatic rings. The van der Waals surface area contributed by atoms with Crippen LogP contribution in [0.3, 0.4) is 0 Å². The molecule has 0 atom stereocenters. The molecule has 0 amide bonds. The van der Waals surface area contributed by atoms with E-state index >= 15 is 0 Å². The lowest BCUT2D eigenvalue weighted by atomic mass is 9.99. The molecule has 5 rings (SSSR count). The van der Waals surface area contributed by atoms with E-state index < -0.39 is 0 Å². The molecule has 0 saturated carbocycles. The Morgan fingerprint density at radius 3 is 2.48 bits per heavy atom. The van der Waals surface area contributed by atoms with Crippen LogP contribution in [-0.2, 0) is 6.42 Å². The zero-order chi connectivity index (χ0) is 16.8. The molecule has 0 bridgehead atoms. The third kappa shape index (κ3) is 2.24. The number of rotatable bonds is 2. The summed E-state index contributed by atoms with van der Waals surface area (Å²) in [6.45, 7) is 2.19. The Hall–Kier alpha value is -3.06. The number of furan rings is 1. The Labute approximate surface area is 146 Å². The van der Waals surface area contributed by atoms with Gasteiger partial charge in [-0.15, -0.1) is 0 Å². The lowest BCUT2D eigenvalue weighted by Gasteiger charge is -2.04. The van der Waals surface area contributed by atoms with Gasteiger partial charge in [0, 0.05) is 10.8 Å². The number of benzene rings is 4. The molecule has 0 N–H and O–H groups in total. The van der Waals surface area contributed by atoms with Crippen LogP contribution in [0.15, 0.2) is 83.3 Å². The van der Waals surface area contributed by atoms with Gasteiger partial charge in [0.25, 0.3) is 0 Å². The minimum absolute atomic E-state index is 0.950. The first-order chi connectivity index (χ1) is 12.3. The van der Waals surface area contributed by atoms with Gasteiger partial charge in [0.15, 0.2) is 0 Å². The fourth-order valence-electron chi connectivity index (χ4n) is 3.70. The molecule has 0 aliphatic rings. The normalized spacial score (nSPS) is 11.6. The molecule has 120 valence electrons. The molecule has 0 spiro atoms. The molecule has 1 heteroatoms. The predicted octanol–water partition coefficient (Wildman–Crippen LogP) is 6.97. The molecule has 1 heterocycles. The van der Waals surface area contributed by atoms with Crippen LogP contribution in [0.25, 0.3) is 43.8 Å². The van der Waals surface area contributed by atoms with E-state index in [1.807, 2.05) is 0 Å². The van der Waals surface area contributed by atoms with Gasteiger partial charge in [0.2, 0.25) is 0 Å². The third-order valence-electron chi connectivity index (χ3n) is 5.03. The second-order valence-corrected chi connectivity index (χ2v) is 6.53. The van der Waals surface area contributed by atoms with Crippen LogP contribution in [0.4, 0.5) is 0 Å². The summed E-state index contributed by atoms with van der Waals surface area (Å²) in [7, 11) is 0. The standard InChI is InChI=1S/C24H18O/c1-2-16-6-5-8-18(14-16)19-10-12-21-23(15-19)25-22-13-11-17-7-3-4-9-20(17)24(21)22/h3-15H,2H2,1H3. The summed E-state index contributed by atoms with van der Waals surface area (Å²) in [6.07, 6.45) is 1.05. The highest BCUT2D eigenvalue weighted by molar-refractivity contribution is 6.19. The van der Waals surface area contributed by atoms with Gasteiger partial charge in [-0.2, -0.15) is 0 Å². The Morgan fingerprint density at radius 1 is 0.680 bits per heavy atom. The molecule has 0 radical (unpaired) electrons. The van der Waals surface area contributed by atoms with Gasteiger partial charge in [-0.1, -0.05) is 67.6 Å². The van der Waals surface area contributed by atoms with E-state index in [1.165, 1.54) is 38.2 Å². The summed E-state index contributed by atoms with van der Waals surface area (Å²) in [5.74, 6) is 0. The summed E-state index contributed by atoms with van der Waals surface area (Å²) in [4.78, 5) is 0. The van der Waals surface area contributed by atoms with Crippen molar-refractivity contribution >= 4 is 32.7 Å². The van der Waals surface area contributed by atoms with E-state index in [9.17, 15) is 0 Å². The number of hydrogen-bond donors (Lipinski definition) is 0. The number of aryl methyl sites for hydroxylation is 1. The molecule has 0 aliphatic heterocycles. The van der Waals surface area contributed by atoms with Gasteiger partial charge < -0.3 is 4.42 Å². The highest BCUT2D eigenvalue weighted by Gasteiger charge is 2.11. The van der Waals surface area contributed by atoms with E-state index in [0.717, 1.165) is 17.6 Å². The number of fused-ring (bicyclic) bond motifs is 5. The van der Waals surface area contributed by atoms with Gasteiger partial charge in [-0.3, -0.25) is 0 Å². The lowest BCUT2D eigenvalue weighted by Crippen LogP contribution is -1.82. The van der Waals surface area contributed by atoms with Gasteiger partial charge in [-0.05, 0) is 52.1 Å². The molecule has 0 saturated heterocycles. The van der Waals surface area contributed by atoms with Crippen molar-refractivity contribution in [2.45, 2.75) is 13.3 Å². The summed E-state index contributed by atoms with van der Waals surface area (Å²) < 4.78 is 6.18. The van der Waals surface area contributed by atoms with Crippen LogP contribution >= 0.6 is 0 Å². The topological polar surface area (TPSA) is 13.1 Å². The summed E-state index contributed by atoms with van der Waals surface area (Å²) >= 11 is 0. The zero-order valence-corrected chi connectivity index (χ0v) is 14.1. The van der Waals surface area contributed by atoms with Gasteiger partial charge in [0.05, 0.1) is 0 Å². The molecular weight excluding hydrogens is 304 g/mol. The van der Waals surface area contributed by atoms with Gasteiger partial charge in [-0.25, -0.2) is 0 Å². The van der Waals surface area contributed by atoms with Gasteiger partial charge in [0.1, 0.15) is 11.2 Å². The second-order valence-electron chi connectivity index (χ2n) is 6.53. The molecule has 1 aromatic heterocycles. The van der Waals surface area contributed by atoms with Crippen LogP contribution in [0.1, 0.15) is 12.5 Å². The Bertz CT molecular complexity index is 1230. The summed E-state index contributed by atoms with van der Waals surface area (Å²) in [5, 5.41) is 4.89. The Balaban J connectivity index is 1.78. The molecule has 4 aromatic carbocycles. The minimum atomic E-state index is 0.950. The maximum Gasteiger partial charge on any atom is 0.136 e. The van der Waals surface area contributed by atoms with Gasteiger partial charge >= 0.3 is 0 Å². The van der Waals surface area contributed by atoms with Crippen LogP contribution in [0.2, 0.25) is 0 Å². The van der Waals surface area contributed by atoms with Crippen molar-refractivity contribution in [1.82, 2.24) is 0 Å². The molecule has 0 fully saturated rings. The zero-order valence-electron chi connectivity index (χ0n) is 14.1. The first-order valence-electron chi connectivity index (χ1n) is 8.77. The minimum Gasteiger partial charge on any atom is -0.456 e. The molecule has 0 unspecified atom stereocenters. The quantitative estimate of drug-likeness (QED) is 0.342. The molecule has 1 nitrogen and oxygen atoms in total. The largest absolute Gasteiger partial charge is 0.456 e. The monoisotopic (exact) mass is 322 g/mol. The average Bonchev–Trinajstić information content (AvgIpc) is 3.06. The Morgan fingerprint density at radius 2 is 1.56 bits per heavy atom. The third-order valence-corrected chi connectivity index (χ3v) is 5.03.